The van der Waals surface area contributed by atoms with Gasteiger partial charge in [0.25, 0.3) is 0 Å². The Kier molecular flexibility index (Phi) is 13.3. The molecule has 0 aliphatic carbocycles. The van der Waals surface area contributed by atoms with Crippen molar-refractivity contribution in [3.63, 3.8) is 0 Å². The number of nitriles is 1. The van der Waals surface area contributed by atoms with Crippen LogP contribution in [-0.2, 0) is 12.4 Å². The molecule has 0 N–H and O–H groups in total. The number of aromatic nitrogens is 2. The highest BCUT2D eigenvalue weighted by atomic mass is 19.4. The second kappa shape index (κ2) is 20.7. The average Bonchev–Trinajstić information content (AvgIpc) is 1.75. The number of halogens is 6. The van der Waals surface area contributed by atoms with Gasteiger partial charge in [-0.25, -0.2) is 0 Å². The van der Waals surface area contributed by atoms with Crippen LogP contribution in [-0.4, -0.2) is 9.13 Å². The molecule has 2 aromatic heterocycles. The van der Waals surface area contributed by atoms with Gasteiger partial charge in [-0.15, -0.1) is 0 Å². The van der Waals surface area contributed by atoms with Gasteiger partial charge in [0.1, 0.15) is 0 Å². The van der Waals surface area contributed by atoms with Crippen molar-refractivity contribution in [3.05, 3.63) is 261 Å². The van der Waals surface area contributed by atoms with E-state index in [9.17, 15) is 31.6 Å². The third-order valence-corrected chi connectivity index (χ3v) is 17.1. The van der Waals surface area contributed by atoms with Crippen LogP contribution in [0.3, 0.4) is 0 Å². The van der Waals surface area contributed by atoms with Crippen LogP contribution in [0.2, 0.25) is 0 Å². The van der Waals surface area contributed by atoms with Crippen molar-refractivity contribution in [2.45, 2.75) is 67.7 Å². The lowest BCUT2D eigenvalue weighted by Gasteiger charge is -2.21. The van der Waals surface area contributed by atoms with Crippen LogP contribution in [0, 0.1) is 66.7 Å². The summed E-state index contributed by atoms with van der Waals surface area (Å²) in [5.41, 5.74) is 20.4. The normalized spacial score (nSPS) is 12.1. The molecular formula is C77H57F6N3. The van der Waals surface area contributed by atoms with E-state index in [0.717, 1.165) is 145 Å². The molecule has 13 rings (SSSR count). The highest BCUT2D eigenvalue weighted by molar-refractivity contribution is 6.14. The lowest BCUT2D eigenvalue weighted by atomic mass is 9.93. The predicted octanol–water partition coefficient (Wildman–Crippen LogP) is 22.3. The topological polar surface area (TPSA) is 33.6 Å². The molecule has 0 radical (unpaired) electrons. The van der Waals surface area contributed by atoms with Gasteiger partial charge in [0.05, 0.1) is 56.2 Å². The van der Waals surface area contributed by atoms with Crippen LogP contribution in [0.25, 0.3) is 122 Å². The van der Waals surface area contributed by atoms with Crippen LogP contribution in [0.15, 0.2) is 200 Å². The van der Waals surface area contributed by atoms with E-state index >= 15 is 0 Å². The van der Waals surface area contributed by atoms with Crippen molar-refractivity contribution < 1.29 is 26.3 Å². The van der Waals surface area contributed by atoms with E-state index in [-0.39, 0.29) is 17.2 Å². The van der Waals surface area contributed by atoms with Crippen LogP contribution < -0.4 is 0 Å². The van der Waals surface area contributed by atoms with Crippen molar-refractivity contribution >= 4 is 43.6 Å². The second-order valence-corrected chi connectivity index (χ2v) is 23.2. The van der Waals surface area contributed by atoms with Gasteiger partial charge in [0.2, 0.25) is 0 Å². The first kappa shape index (κ1) is 55.3. The molecule has 422 valence electrons. The first-order valence-corrected chi connectivity index (χ1v) is 28.6. The van der Waals surface area contributed by atoms with Gasteiger partial charge >= 0.3 is 12.4 Å². The van der Waals surface area contributed by atoms with E-state index in [0.29, 0.717) is 28.1 Å². The maximum atomic E-state index is 14.7. The van der Waals surface area contributed by atoms with Crippen molar-refractivity contribution in [1.29, 1.82) is 5.26 Å². The molecule has 0 aliphatic heterocycles. The van der Waals surface area contributed by atoms with E-state index in [1.54, 1.807) is 24.3 Å². The van der Waals surface area contributed by atoms with Crippen molar-refractivity contribution in [3.8, 4) is 84.2 Å². The lowest BCUT2D eigenvalue weighted by Crippen LogP contribution is -2.11. The highest BCUT2D eigenvalue weighted by Gasteiger charge is 2.37. The summed E-state index contributed by atoms with van der Waals surface area (Å²) < 4.78 is 92.7. The van der Waals surface area contributed by atoms with E-state index in [1.807, 2.05) is 24.3 Å². The summed E-state index contributed by atoms with van der Waals surface area (Å²) in [7, 11) is 0. The Morgan fingerprint density at radius 3 is 0.965 bits per heavy atom. The Bertz CT molecular complexity index is 4770. The molecule has 0 amide bonds. The van der Waals surface area contributed by atoms with Crippen molar-refractivity contribution in [2.24, 2.45) is 0 Å². The monoisotopic (exact) mass is 1140 g/mol. The molecule has 0 saturated carbocycles. The SMILES string of the molecule is Cc1ccc(-c2ccc3c(c2)c2cc(-c4ccc(C)cc4C)ccc2n3-c2ccc(C#N)cc2-c2ccc(-c3cc(C(F)(F)F)cc(C(F)(F)F)c3)cc2-n2c3ccc(-c4ccc(C)cc4C)cc3c3cc(-c4ccc(C)cc4C)ccc32)c(C)c1. The number of fused-ring (bicyclic) bond motifs is 6. The van der Waals surface area contributed by atoms with E-state index in [4.69, 9.17) is 0 Å². The molecule has 0 aliphatic rings. The number of benzene rings is 11. The molecule has 13 aromatic rings. The molecule has 0 saturated heterocycles. The number of hydrogen-bond donors (Lipinski definition) is 0. The van der Waals surface area contributed by atoms with E-state index in [1.165, 1.54) is 0 Å². The van der Waals surface area contributed by atoms with Gasteiger partial charge in [0, 0.05) is 32.7 Å². The maximum absolute atomic E-state index is 14.7. The highest BCUT2D eigenvalue weighted by Crippen LogP contribution is 2.47. The van der Waals surface area contributed by atoms with Gasteiger partial charge in [-0.3, -0.25) is 0 Å². The number of hydrogen-bond acceptors (Lipinski definition) is 1. The Hall–Kier alpha value is -9.91. The zero-order chi connectivity index (χ0) is 60.2. The number of alkyl halides is 6. The Morgan fingerprint density at radius 2 is 0.628 bits per heavy atom. The zero-order valence-corrected chi connectivity index (χ0v) is 48.7. The minimum Gasteiger partial charge on any atom is -0.309 e. The van der Waals surface area contributed by atoms with Crippen LogP contribution in [0.1, 0.15) is 61.2 Å². The minimum absolute atomic E-state index is 0.127. The van der Waals surface area contributed by atoms with Gasteiger partial charge in [0.15, 0.2) is 0 Å². The number of nitrogens with zero attached hydrogens (tertiary/aromatic N) is 3. The molecule has 3 nitrogen and oxygen atoms in total. The van der Waals surface area contributed by atoms with E-state index < -0.39 is 23.5 Å². The molecule has 0 fully saturated rings. The Balaban J connectivity index is 1.14. The summed E-state index contributed by atoms with van der Waals surface area (Å²) >= 11 is 0. The molecule has 2 heterocycles. The average molecular weight is 1140 g/mol. The predicted molar refractivity (Wildman–Crippen MR) is 340 cm³/mol. The fourth-order valence-electron chi connectivity index (χ4n) is 13.0. The van der Waals surface area contributed by atoms with Gasteiger partial charge in [-0.2, -0.15) is 31.6 Å². The summed E-state index contributed by atoms with van der Waals surface area (Å²) in [6, 6.07) is 65.8. The van der Waals surface area contributed by atoms with Crippen molar-refractivity contribution in [2.75, 3.05) is 0 Å². The smallest absolute Gasteiger partial charge is 0.309 e. The molecule has 0 spiro atoms. The summed E-state index contributed by atoms with van der Waals surface area (Å²) in [6.07, 6.45) is -10.2. The number of rotatable bonds is 8. The van der Waals surface area contributed by atoms with E-state index in [2.05, 4.69) is 204 Å². The fourth-order valence-corrected chi connectivity index (χ4v) is 13.0. The first-order valence-electron chi connectivity index (χ1n) is 28.6. The maximum Gasteiger partial charge on any atom is 0.416 e. The summed E-state index contributed by atoms with van der Waals surface area (Å²) in [4.78, 5) is 0. The third kappa shape index (κ3) is 9.69. The Labute approximate surface area is 495 Å². The second-order valence-electron chi connectivity index (χ2n) is 23.2. The standard InChI is InChI=1S/C77H57F6N3/c1-43-9-19-60(47(5)29-43)53-15-25-71-66(36-53)67-37-54(61-20-10-44(2)30-48(61)6)16-26-72(67)85(71)70-24-13-51(42-84)33-65(70)64-23-14-52(57-34-58(76(78,79)80)41-59(35-57)77(81,82)83)40-75(64)86-73-27-17-55(62-21-11-45(3)31-49(62)7)38-68(73)69-39-56(18-28-74(69)86)63-22-12-46(4)32-50(63)8/h9-41H,1-8H3. The fraction of sp³-hybridized carbons (Fsp3) is 0.130. The summed E-state index contributed by atoms with van der Waals surface area (Å²) in [5, 5.41) is 14.5. The van der Waals surface area contributed by atoms with Gasteiger partial charge in [-0.05, 0) is 224 Å². The third-order valence-electron chi connectivity index (χ3n) is 17.1. The molecule has 0 bridgehead atoms. The molecule has 9 heteroatoms. The largest absolute Gasteiger partial charge is 0.416 e. The minimum atomic E-state index is -5.08. The number of aryl methyl sites for hydroxylation is 8. The van der Waals surface area contributed by atoms with Crippen LogP contribution in [0.4, 0.5) is 26.3 Å². The molecule has 11 aromatic carbocycles. The van der Waals surface area contributed by atoms with Crippen LogP contribution >= 0.6 is 0 Å². The van der Waals surface area contributed by atoms with Crippen LogP contribution in [0.5, 0.6) is 0 Å². The Morgan fingerprint density at radius 1 is 0.291 bits per heavy atom. The molecule has 86 heavy (non-hydrogen) atoms. The lowest BCUT2D eigenvalue weighted by molar-refractivity contribution is -0.143. The van der Waals surface area contributed by atoms with Gasteiger partial charge < -0.3 is 9.13 Å². The quantitative estimate of drug-likeness (QED) is 0.140. The zero-order valence-electron chi connectivity index (χ0n) is 48.7. The molecule has 0 unspecified atom stereocenters. The molecule has 0 atom stereocenters. The van der Waals surface area contributed by atoms with Gasteiger partial charge in [-0.1, -0.05) is 131 Å². The molecular weight excluding hydrogens is 1080 g/mol. The van der Waals surface area contributed by atoms with Crippen molar-refractivity contribution in [1.82, 2.24) is 9.13 Å². The summed E-state index contributed by atoms with van der Waals surface area (Å²) in [6.45, 7) is 16.7. The first-order chi connectivity index (χ1) is 41.1. The summed E-state index contributed by atoms with van der Waals surface area (Å²) in [5.74, 6) is 0.